The number of aromatic nitrogens is 4. The number of halogens is 1. The Morgan fingerprint density at radius 2 is 2.31 bits per heavy atom. The molecular formula is C17H27ClN6OS. The minimum Gasteiger partial charge on any atom is -0.340 e. The van der Waals surface area contributed by atoms with Crippen LogP contribution in [0, 0.1) is 6.92 Å². The summed E-state index contributed by atoms with van der Waals surface area (Å²) in [5, 5.41) is 11.7. The summed E-state index contributed by atoms with van der Waals surface area (Å²) in [6, 6.07) is 0.558. The van der Waals surface area contributed by atoms with Crippen LogP contribution in [0.2, 0.25) is 0 Å². The van der Waals surface area contributed by atoms with E-state index in [2.05, 4.69) is 20.6 Å². The maximum absolute atomic E-state index is 12.5. The van der Waals surface area contributed by atoms with Gasteiger partial charge in [0.2, 0.25) is 0 Å². The van der Waals surface area contributed by atoms with E-state index in [-0.39, 0.29) is 18.3 Å². The molecule has 0 bridgehead atoms. The normalized spacial score (nSPS) is 16.9. The van der Waals surface area contributed by atoms with E-state index in [1.165, 1.54) is 24.1 Å². The largest absolute Gasteiger partial charge is 0.340 e. The van der Waals surface area contributed by atoms with E-state index in [4.69, 9.17) is 0 Å². The smallest absolute Gasteiger partial charge is 0.275 e. The molecule has 2 aromatic rings. The van der Waals surface area contributed by atoms with Crippen LogP contribution in [0.1, 0.15) is 46.7 Å². The van der Waals surface area contributed by atoms with Gasteiger partial charge in [-0.3, -0.25) is 9.48 Å². The van der Waals surface area contributed by atoms with Crippen molar-refractivity contribution in [2.45, 2.75) is 51.6 Å². The fourth-order valence-electron chi connectivity index (χ4n) is 3.10. The SMILES string of the molecule is Cc1ncsc1CCN(C)C(=O)c1cn(CCC2CCCCN2)nn1.Cl. The monoisotopic (exact) mass is 398 g/mol. The van der Waals surface area contributed by atoms with Gasteiger partial charge in [-0.05, 0) is 32.7 Å². The third-order valence-electron chi connectivity index (χ3n) is 4.74. The lowest BCUT2D eigenvalue weighted by atomic mass is 10.0. The third kappa shape index (κ3) is 5.49. The number of likely N-dealkylation sites (N-methyl/N-ethyl adjacent to an activating group) is 1. The quantitative estimate of drug-likeness (QED) is 0.774. The highest BCUT2D eigenvalue weighted by Crippen LogP contribution is 2.14. The Hall–Kier alpha value is -1.51. The van der Waals surface area contributed by atoms with Crippen LogP contribution in [-0.4, -0.2) is 57.0 Å². The van der Waals surface area contributed by atoms with Crippen LogP contribution >= 0.6 is 23.7 Å². The van der Waals surface area contributed by atoms with Crippen molar-refractivity contribution in [2.24, 2.45) is 0 Å². The summed E-state index contributed by atoms with van der Waals surface area (Å²) in [5.74, 6) is -0.0794. The fraction of sp³-hybridized carbons (Fsp3) is 0.647. The first-order valence-electron chi connectivity index (χ1n) is 8.91. The molecule has 0 aromatic carbocycles. The molecule has 1 aliphatic rings. The number of amides is 1. The summed E-state index contributed by atoms with van der Waals surface area (Å²) in [7, 11) is 1.81. The van der Waals surface area contributed by atoms with Gasteiger partial charge >= 0.3 is 0 Å². The molecule has 1 unspecified atom stereocenters. The minimum atomic E-state index is -0.0794. The van der Waals surface area contributed by atoms with Crippen molar-refractivity contribution in [1.29, 1.82) is 0 Å². The van der Waals surface area contributed by atoms with Crippen LogP contribution in [0.25, 0.3) is 0 Å². The van der Waals surface area contributed by atoms with Gasteiger partial charge in [-0.1, -0.05) is 11.6 Å². The Morgan fingerprint density at radius 3 is 3.00 bits per heavy atom. The molecule has 2 aromatic heterocycles. The van der Waals surface area contributed by atoms with Gasteiger partial charge in [-0.2, -0.15) is 0 Å². The van der Waals surface area contributed by atoms with Gasteiger partial charge in [0.15, 0.2) is 5.69 Å². The molecule has 1 saturated heterocycles. The topological polar surface area (TPSA) is 75.9 Å². The van der Waals surface area contributed by atoms with Crippen molar-refractivity contribution in [3.05, 3.63) is 28.0 Å². The third-order valence-corrected chi connectivity index (χ3v) is 5.74. The number of nitrogens with zero attached hydrogens (tertiary/aromatic N) is 5. The predicted molar refractivity (Wildman–Crippen MR) is 105 cm³/mol. The Balaban J connectivity index is 0.00000243. The highest BCUT2D eigenvalue weighted by Gasteiger charge is 2.17. The van der Waals surface area contributed by atoms with Crippen LogP contribution in [0.4, 0.5) is 0 Å². The number of hydrogen-bond donors (Lipinski definition) is 1. The Kier molecular flexibility index (Phi) is 7.99. The van der Waals surface area contributed by atoms with Crippen LogP contribution in [0.15, 0.2) is 11.7 Å². The highest BCUT2D eigenvalue weighted by atomic mass is 35.5. The van der Waals surface area contributed by atoms with E-state index >= 15 is 0 Å². The van der Waals surface area contributed by atoms with E-state index in [9.17, 15) is 4.79 Å². The molecule has 1 amide bonds. The number of hydrogen-bond acceptors (Lipinski definition) is 6. The first-order valence-corrected chi connectivity index (χ1v) is 9.79. The van der Waals surface area contributed by atoms with Gasteiger partial charge < -0.3 is 10.2 Å². The van der Waals surface area contributed by atoms with Crippen molar-refractivity contribution in [3.63, 3.8) is 0 Å². The second-order valence-corrected chi connectivity index (χ2v) is 7.58. The summed E-state index contributed by atoms with van der Waals surface area (Å²) < 4.78 is 1.78. The maximum atomic E-state index is 12.5. The molecule has 1 N–H and O–H groups in total. The Labute approximate surface area is 164 Å². The average molecular weight is 399 g/mol. The molecule has 7 nitrogen and oxygen atoms in total. The van der Waals surface area contributed by atoms with Crippen LogP contribution in [0.3, 0.4) is 0 Å². The molecule has 26 heavy (non-hydrogen) atoms. The maximum Gasteiger partial charge on any atom is 0.275 e. The van der Waals surface area contributed by atoms with Crippen molar-refractivity contribution < 1.29 is 4.79 Å². The molecular weight excluding hydrogens is 372 g/mol. The number of nitrogens with one attached hydrogen (secondary N) is 1. The molecule has 0 spiro atoms. The van der Waals surface area contributed by atoms with Gasteiger partial charge in [-0.25, -0.2) is 4.98 Å². The second-order valence-electron chi connectivity index (χ2n) is 6.64. The molecule has 0 saturated carbocycles. The van der Waals surface area contributed by atoms with E-state index in [1.54, 1.807) is 27.1 Å². The van der Waals surface area contributed by atoms with Gasteiger partial charge in [0.1, 0.15) is 0 Å². The van der Waals surface area contributed by atoms with Gasteiger partial charge in [0.05, 0.1) is 17.4 Å². The number of thiazole rings is 1. The number of rotatable bonds is 7. The zero-order valence-electron chi connectivity index (χ0n) is 15.3. The zero-order chi connectivity index (χ0) is 17.6. The standard InChI is InChI=1S/C17H26N6OS.ClH/c1-13-16(25-12-19-13)7-9-22(2)17(24)15-11-23(21-20-15)10-6-14-5-3-4-8-18-14;/h11-12,14,18H,3-10H2,1-2H3;1H. The summed E-state index contributed by atoms with van der Waals surface area (Å²) in [4.78, 5) is 19.7. The second kappa shape index (κ2) is 9.99. The molecule has 1 fully saturated rings. The summed E-state index contributed by atoms with van der Waals surface area (Å²) in [6.07, 6.45) is 7.40. The van der Waals surface area contributed by atoms with Crippen molar-refractivity contribution >= 4 is 29.7 Å². The van der Waals surface area contributed by atoms with Crippen LogP contribution in [-0.2, 0) is 13.0 Å². The molecule has 144 valence electrons. The average Bonchev–Trinajstić information content (AvgIpc) is 3.27. The lowest BCUT2D eigenvalue weighted by Gasteiger charge is -2.23. The first-order chi connectivity index (χ1) is 12.1. The highest BCUT2D eigenvalue weighted by molar-refractivity contribution is 7.09. The Morgan fingerprint density at radius 1 is 1.46 bits per heavy atom. The number of piperidine rings is 1. The predicted octanol–water partition coefficient (Wildman–Crippen LogP) is 2.31. The van der Waals surface area contributed by atoms with Gasteiger partial charge in [-0.15, -0.1) is 28.8 Å². The lowest BCUT2D eigenvalue weighted by Crippen LogP contribution is -2.34. The lowest BCUT2D eigenvalue weighted by molar-refractivity contribution is 0.0791. The van der Waals surface area contributed by atoms with E-state index < -0.39 is 0 Å². The summed E-state index contributed by atoms with van der Waals surface area (Å²) >= 11 is 1.64. The first kappa shape index (κ1) is 20.8. The molecule has 1 aliphatic heterocycles. The minimum absolute atomic E-state index is 0. The number of carbonyl (C=O) groups is 1. The van der Waals surface area contributed by atoms with Gasteiger partial charge in [0, 0.05) is 37.5 Å². The zero-order valence-corrected chi connectivity index (χ0v) is 17.0. The molecule has 0 aliphatic carbocycles. The molecule has 9 heteroatoms. The molecule has 1 atom stereocenters. The summed E-state index contributed by atoms with van der Waals surface area (Å²) in [5.41, 5.74) is 3.31. The molecule has 3 heterocycles. The fourth-order valence-corrected chi connectivity index (χ4v) is 3.87. The van der Waals surface area contributed by atoms with E-state index in [1.807, 2.05) is 19.5 Å². The van der Waals surface area contributed by atoms with Crippen LogP contribution < -0.4 is 5.32 Å². The van der Waals surface area contributed by atoms with Crippen molar-refractivity contribution in [1.82, 2.24) is 30.2 Å². The van der Waals surface area contributed by atoms with E-state index in [0.717, 1.165) is 31.6 Å². The molecule has 3 rings (SSSR count). The molecule has 0 radical (unpaired) electrons. The van der Waals surface area contributed by atoms with Crippen molar-refractivity contribution in [3.8, 4) is 0 Å². The number of carbonyl (C=O) groups excluding carboxylic acids is 1. The van der Waals surface area contributed by atoms with Crippen molar-refractivity contribution in [2.75, 3.05) is 20.1 Å². The van der Waals surface area contributed by atoms with E-state index in [0.29, 0.717) is 18.3 Å². The summed E-state index contributed by atoms with van der Waals surface area (Å²) in [6.45, 7) is 4.55. The van der Waals surface area contributed by atoms with Crippen LogP contribution in [0.5, 0.6) is 0 Å². The number of aryl methyl sites for hydroxylation is 2. The Bertz CT molecular complexity index is 697. The van der Waals surface area contributed by atoms with Gasteiger partial charge in [0.25, 0.3) is 5.91 Å².